The van der Waals surface area contributed by atoms with Gasteiger partial charge in [-0.2, -0.15) is 0 Å². The molecule has 0 saturated carbocycles. The lowest BCUT2D eigenvalue weighted by molar-refractivity contribution is -0.141. The summed E-state index contributed by atoms with van der Waals surface area (Å²) in [5, 5.41) is 35.3. The van der Waals surface area contributed by atoms with Crippen LogP contribution in [0.4, 0.5) is 0 Å². The van der Waals surface area contributed by atoms with Crippen LogP contribution in [0.5, 0.6) is 5.75 Å². The topological polar surface area (TPSA) is 314 Å². The quantitative estimate of drug-likeness (QED) is 0.0646. The molecule has 0 bridgehead atoms. The van der Waals surface area contributed by atoms with E-state index in [-0.39, 0.29) is 18.6 Å². The van der Waals surface area contributed by atoms with E-state index in [0.29, 0.717) is 11.3 Å². The summed E-state index contributed by atoms with van der Waals surface area (Å²) < 4.78 is 0. The van der Waals surface area contributed by atoms with Crippen molar-refractivity contribution in [3.8, 4) is 5.75 Å². The van der Waals surface area contributed by atoms with E-state index in [1.807, 2.05) is 0 Å². The number of amides is 7. The SMILES string of the molecule is CC(C)[C@H](NC(=O)[C@H](CC(=O)O)NC(=O)[C@H](Cc1cscn1)NC(=O)[C@@H](C)NC(=O)[C@@H](N)Cc1ccc(O)cc1)C(=O)N[C@H](C(=O)NCC(N)=O)C(C)C. The third-order valence-corrected chi connectivity index (χ3v) is 8.59. The highest BCUT2D eigenvalue weighted by atomic mass is 32.1. The zero-order valence-electron chi connectivity index (χ0n) is 30.6. The van der Waals surface area contributed by atoms with Crippen LogP contribution in [0.25, 0.3) is 0 Å². The normalized spacial score (nSPS) is 14.4. The number of hydrogen-bond donors (Lipinski definition) is 10. The van der Waals surface area contributed by atoms with Crippen molar-refractivity contribution in [3.63, 3.8) is 0 Å². The number of aromatic hydroxyl groups is 1. The first kappa shape index (κ1) is 44.5. The first-order valence-electron chi connectivity index (χ1n) is 17.0. The lowest BCUT2D eigenvalue weighted by atomic mass is 9.99. The van der Waals surface area contributed by atoms with Crippen molar-refractivity contribution in [2.45, 2.75) is 90.1 Å². The number of nitrogens with one attached hydrogen (secondary N) is 6. The first-order valence-corrected chi connectivity index (χ1v) is 17.9. The number of benzene rings is 1. The Labute approximate surface area is 315 Å². The van der Waals surface area contributed by atoms with Gasteiger partial charge in [-0.15, -0.1) is 11.3 Å². The van der Waals surface area contributed by atoms with Crippen LogP contribution in [0.2, 0.25) is 0 Å². The zero-order valence-corrected chi connectivity index (χ0v) is 31.4. The number of thiazole rings is 1. The monoisotopic (exact) mass is 775 g/mol. The number of phenols is 1. The van der Waals surface area contributed by atoms with E-state index >= 15 is 0 Å². The average Bonchev–Trinajstić information content (AvgIpc) is 3.61. The molecule has 2 rings (SSSR count). The maximum Gasteiger partial charge on any atom is 0.305 e. The molecule has 54 heavy (non-hydrogen) atoms. The number of primary amides is 1. The molecule has 0 unspecified atom stereocenters. The van der Waals surface area contributed by atoms with Gasteiger partial charge in [0.05, 0.1) is 30.2 Å². The lowest BCUT2D eigenvalue weighted by Gasteiger charge is -2.28. The minimum absolute atomic E-state index is 0.0401. The van der Waals surface area contributed by atoms with E-state index in [1.165, 1.54) is 35.9 Å². The van der Waals surface area contributed by atoms with E-state index in [4.69, 9.17) is 11.5 Å². The largest absolute Gasteiger partial charge is 0.508 e. The minimum Gasteiger partial charge on any atom is -0.508 e. The Balaban J connectivity index is 2.20. The number of aliphatic carboxylic acids is 1. The van der Waals surface area contributed by atoms with Crippen LogP contribution in [0.15, 0.2) is 35.2 Å². The number of phenolic OH excluding ortho intramolecular Hbond substituents is 1. The van der Waals surface area contributed by atoms with Crippen LogP contribution in [0.1, 0.15) is 52.3 Å². The predicted octanol–water partition coefficient (Wildman–Crippen LogP) is -2.21. The maximum absolute atomic E-state index is 13.6. The van der Waals surface area contributed by atoms with Crippen molar-refractivity contribution >= 4 is 58.7 Å². The summed E-state index contributed by atoms with van der Waals surface area (Å²) >= 11 is 1.22. The number of nitrogens with two attached hydrogens (primary N) is 2. The summed E-state index contributed by atoms with van der Waals surface area (Å²) in [5.74, 6) is -8.21. The van der Waals surface area contributed by atoms with Gasteiger partial charge in [-0.1, -0.05) is 39.8 Å². The Bertz CT molecular complexity index is 1640. The Morgan fingerprint density at radius 2 is 1.28 bits per heavy atom. The molecule has 0 fully saturated rings. The number of carbonyl (C=O) groups is 8. The van der Waals surface area contributed by atoms with Gasteiger partial charge in [-0.25, -0.2) is 4.98 Å². The summed E-state index contributed by atoms with van der Waals surface area (Å²) in [4.78, 5) is 106. The second-order valence-electron chi connectivity index (χ2n) is 13.3. The molecular formula is C34H49N9O10S. The number of carbonyl (C=O) groups excluding carboxylic acids is 7. The second kappa shape index (κ2) is 21.2. The van der Waals surface area contributed by atoms with Gasteiger partial charge in [0.2, 0.25) is 41.4 Å². The molecule has 7 amide bonds. The first-order chi connectivity index (χ1) is 25.3. The van der Waals surface area contributed by atoms with E-state index in [1.54, 1.807) is 45.2 Å². The molecule has 19 nitrogen and oxygen atoms in total. The van der Waals surface area contributed by atoms with Crippen LogP contribution >= 0.6 is 11.3 Å². The highest BCUT2D eigenvalue weighted by molar-refractivity contribution is 7.07. The standard InChI is InChI=1S/C34H49N9O10S/c1-16(2)27(33(52)37-13-25(36)45)43-34(53)28(17(3)4)42-32(51)24(12-26(46)47)41-31(50)23(11-20-14-54-15-38-20)40-29(48)18(5)39-30(49)22(35)10-19-6-8-21(44)9-7-19/h6-9,14-18,22-24,27-28,44H,10-13,35H2,1-5H3,(H2,36,45)(H,37,52)(H,39,49)(H,40,48)(H,41,50)(H,42,51)(H,43,53)(H,46,47)/t18-,22+,23+,24+,27+,28+/m1/s1. The molecule has 0 aliphatic heterocycles. The van der Waals surface area contributed by atoms with Crippen molar-refractivity contribution in [3.05, 3.63) is 46.4 Å². The van der Waals surface area contributed by atoms with Gasteiger partial charge in [0.1, 0.15) is 36.0 Å². The predicted molar refractivity (Wildman–Crippen MR) is 195 cm³/mol. The molecular weight excluding hydrogens is 726 g/mol. The minimum atomic E-state index is -1.73. The third kappa shape index (κ3) is 14.8. The third-order valence-electron chi connectivity index (χ3n) is 7.95. The molecule has 296 valence electrons. The molecule has 0 aliphatic carbocycles. The number of carboxylic acids is 1. The fourth-order valence-electron chi connectivity index (χ4n) is 4.93. The van der Waals surface area contributed by atoms with Gasteiger partial charge in [0.25, 0.3) is 0 Å². The number of hydrogen-bond acceptors (Lipinski definition) is 12. The zero-order chi connectivity index (χ0) is 40.7. The van der Waals surface area contributed by atoms with Crippen LogP contribution in [-0.2, 0) is 51.2 Å². The summed E-state index contributed by atoms with van der Waals surface area (Å²) in [6.07, 6.45) is -0.974. The molecule has 1 aromatic heterocycles. The Hall–Kier alpha value is -5.63. The van der Waals surface area contributed by atoms with Crippen LogP contribution in [0, 0.1) is 11.8 Å². The molecule has 20 heteroatoms. The van der Waals surface area contributed by atoms with Gasteiger partial charge < -0.3 is 53.6 Å². The van der Waals surface area contributed by atoms with Gasteiger partial charge >= 0.3 is 5.97 Å². The smallest absolute Gasteiger partial charge is 0.305 e. The van der Waals surface area contributed by atoms with Gasteiger partial charge in [-0.3, -0.25) is 38.4 Å². The van der Waals surface area contributed by atoms with Gasteiger partial charge in [-0.05, 0) is 42.9 Å². The van der Waals surface area contributed by atoms with Crippen LogP contribution < -0.4 is 43.4 Å². The molecule has 0 spiro atoms. The fraction of sp³-hybridized carbons (Fsp3) is 0.500. The van der Waals surface area contributed by atoms with Crippen LogP contribution in [0.3, 0.4) is 0 Å². The van der Waals surface area contributed by atoms with Crippen molar-refractivity contribution in [1.29, 1.82) is 0 Å². The molecule has 0 aliphatic rings. The van der Waals surface area contributed by atoms with E-state index in [9.17, 15) is 48.6 Å². The lowest BCUT2D eigenvalue weighted by Crippen LogP contribution is -2.61. The van der Waals surface area contributed by atoms with Crippen molar-refractivity contribution in [2.24, 2.45) is 23.3 Å². The highest BCUT2D eigenvalue weighted by Crippen LogP contribution is 2.12. The molecule has 1 aromatic carbocycles. The Kier molecular flexibility index (Phi) is 17.5. The second-order valence-corrected chi connectivity index (χ2v) is 14.0. The number of aromatic nitrogens is 1. The Morgan fingerprint density at radius 3 is 1.81 bits per heavy atom. The molecule has 0 radical (unpaired) electrons. The summed E-state index contributed by atoms with van der Waals surface area (Å²) in [7, 11) is 0. The van der Waals surface area contributed by atoms with Crippen molar-refractivity contribution in [1.82, 2.24) is 36.9 Å². The van der Waals surface area contributed by atoms with Gasteiger partial charge in [0, 0.05) is 11.8 Å². The summed E-state index contributed by atoms with van der Waals surface area (Å²) in [6.45, 7) is 7.35. The van der Waals surface area contributed by atoms with E-state index in [0.717, 1.165) is 0 Å². The Morgan fingerprint density at radius 1 is 0.722 bits per heavy atom. The summed E-state index contributed by atoms with van der Waals surface area (Å²) in [6, 6.07) is -1.73. The number of rotatable bonds is 21. The molecule has 12 N–H and O–H groups in total. The van der Waals surface area contributed by atoms with Crippen LogP contribution in [-0.4, -0.2) is 105 Å². The van der Waals surface area contributed by atoms with Gasteiger partial charge in [0.15, 0.2) is 0 Å². The number of carboxylic acid groups (broad SMARTS) is 1. The van der Waals surface area contributed by atoms with Crippen molar-refractivity contribution in [2.75, 3.05) is 6.54 Å². The maximum atomic E-state index is 13.6. The molecule has 1 heterocycles. The molecule has 2 aromatic rings. The molecule has 6 atom stereocenters. The molecule has 0 saturated heterocycles. The van der Waals surface area contributed by atoms with Crippen molar-refractivity contribution < 1.29 is 48.6 Å². The highest BCUT2D eigenvalue weighted by Gasteiger charge is 2.35. The van der Waals surface area contributed by atoms with E-state index < -0.39 is 108 Å². The van der Waals surface area contributed by atoms with E-state index in [2.05, 4.69) is 36.9 Å². The number of nitrogens with zero attached hydrogens (tertiary/aromatic N) is 1. The fourth-order valence-corrected chi connectivity index (χ4v) is 5.50. The summed E-state index contributed by atoms with van der Waals surface area (Å²) in [5.41, 5.74) is 13.7. The average molecular weight is 776 g/mol.